The normalized spacial score (nSPS) is 21.5. The van der Waals surface area contributed by atoms with E-state index in [-0.39, 0.29) is 36.7 Å². The highest BCUT2D eigenvalue weighted by Crippen LogP contribution is 2.42. The summed E-state index contributed by atoms with van der Waals surface area (Å²) >= 11 is 0. The van der Waals surface area contributed by atoms with E-state index >= 15 is 0 Å². The molecule has 8 heteroatoms. The van der Waals surface area contributed by atoms with Gasteiger partial charge >= 0.3 is 0 Å². The van der Waals surface area contributed by atoms with Crippen molar-refractivity contribution in [2.45, 2.75) is 57.6 Å². The zero-order chi connectivity index (χ0) is 31.1. The molecule has 0 saturated carbocycles. The molecule has 2 heterocycles. The number of benzene rings is 3. The van der Waals surface area contributed by atoms with Gasteiger partial charge in [0.25, 0.3) is 5.91 Å². The number of hydrogen-bond donors (Lipinski definition) is 3. The molecule has 0 bridgehead atoms. The lowest BCUT2D eigenvalue weighted by molar-refractivity contribution is -0.276. The lowest BCUT2D eigenvalue weighted by atomic mass is 9.89. The number of likely N-dealkylation sites (N-methyl/N-ethyl adjacent to an activating group) is 1. The molecule has 0 radical (unpaired) electrons. The topological polar surface area (TPSA) is 104 Å². The summed E-state index contributed by atoms with van der Waals surface area (Å²) in [6, 6.07) is 28.8. The Labute approximate surface area is 259 Å². The van der Waals surface area contributed by atoms with Gasteiger partial charge in [-0.1, -0.05) is 85.8 Å². The average molecular weight is 596 g/mol. The molecular formula is C36H41N3O5. The Kier molecular flexibility index (Phi) is 10.5. The van der Waals surface area contributed by atoms with E-state index in [2.05, 4.69) is 22.1 Å². The number of nitrogens with one attached hydrogen (secondary N) is 1. The molecule has 1 aliphatic heterocycles. The van der Waals surface area contributed by atoms with Gasteiger partial charge in [0.2, 0.25) is 0 Å². The Hall–Kier alpha value is -3.92. The molecule has 6 atom stereocenters. The Bertz CT molecular complexity index is 1470. The van der Waals surface area contributed by atoms with Crippen molar-refractivity contribution < 1.29 is 24.5 Å². The van der Waals surface area contributed by atoms with Crippen LogP contribution in [0.15, 0.2) is 103 Å². The van der Waals surface area contributed by atoms with Crippen molar-refractivity contribution in [2.75, 3.05) is 13.6 Å². The first-order chi connectivity index (χ1) is 21.3. The Morgan fingerprint density at radius 3 is 2.27 bits per heavy atom. The van der Waals surface area contributed by atoms with E-state index in [9.17, 15) is 15.0 Å². The van der Waals surface area contributed by atoms with Crippen LogP contribution in [-0.4, -0.2) is 51.7 Å². The van der Waals surface area contributed by atoms with Crippen molar-refractivity contribution in [3.8, 4) is 0 Å². The van der Waals surface area contributed by atoms with E-state index in [4.69, 9.17) is 9.47 Å². The molecule has 1 amide bonds. The quantitative estimate of drug-likeness (QED) is 0.215. The summed E-state index contributed by atoms with van der Waals surface area (Å²) in [5.41, 5.74) is 5.08. The third kappa shape index (κ3) is 7.59. The molecule has 0 unspecified atom stereocenters. The monoisotopic (exact) mass is 595 g/mol. The summed E-state index contributed by atoms with van der Waals surface area (Å²) in [6.45, 7) is 5.11. The molecule has 1 aliphatic rings. The molecule has 8 nitrogen and oxygen atoms in total. The maximum absolute atomic E-state index is 12.4. The fourth-order valence-corrected chi connectivity index (χ4v) is 5.52. The summed E-state index contributed by atoms with van der Waals surface area (Å²) in [6.07, 6.45) is 1.50. The number of carbonyl (C=O) groups excluding carboxylic acids is 1. The van der Waals surface area contributed by atoms with Crippen molar-refractivity contribution >= 4 is 5.91 Å². The molecule has 5 rings (SSSR count). The molecule has 44 heavy (non-hydrogen) atoms. The molecule has 1 saturated heterocycles. The van der Waals surface area contributed by atoms with Gasteiger partial charge in [0, 0.05) is 43.0 Å². The lowest BCUT2D eigenvalue weighted by Gasteiger charge is -2.43. The maximum atomic E-state index is 12.4. The van der Waals surface area contributed by atoms with Crippen molar-refractivity contribution in [1.29, 1.82) is 0 Å². The number of aliphatic hydroxyl groups excluding tert-OH is 2. The van der Waals surface area contributed by atoms with Crippen LogP contribution >= 0.6 is 0 Å². The van der Waals surface area contributed by atoms with Crippen molar-refractivity contribution in [3.63, 3.8) is 0 Å². The van der Waals surface area contributed by atoms with Gasteiger partial charge in [-0.15, -0.1) is 0 Å². The molecule has 4 aromatic rings. The van der Waals surface area contributed by atoms with E-state index in [0.29, 0.717) is 18.7 Å². The molecule has 1 fully saturated rings. The van der Waals surface area contributed by atoms with E-state index in [1.807, 2.05) is 92.8 Å². The van der Waals surface area contributed by atoms with E-state index in [1.54, 1.807) is 24.5 Å². The minimum absolute atomic E-state index is 0.0108. The second-order valence-corrected chi connectivity index (χ2v) is 11.5. The zero-order valence-electron chi connectivity index (χ0n) is 25.4. The van der Waals surface area contributed by atoms with Crippen LogP contribution in [0.4, 0.5) is 0 Å². The number of aliphatic hydroxyl groups is 2. The summed E-state index contributed by atoms with van der Waals surface area (Å²) in [5.74, 6) is -0.166. The SMILES string of the molecule is C[C@H]1[C@@H](CN(C)[C@H](C)[C@@H](O)c2ccccc2)O[C@@H](c2ccc(CNC(=O)c3cccnc3)cc2)O[C@H]1c1ccc(CO)cc1. The molecule has 0 aliphatic carbocycles. The van der Waals surface area contributed by atoms with Crippen LogP contribution in [0.25, 0.3) is 0 Å². The van der Waals surface area contributed by atoms with Crippen LogP contribution < -0.4 is 5.32 Å². The number of amides is 1. The smallest absolute Gasteiger partial charge is 0.253 e. The predicted molar refractivity (Wildman–Crippen MR) is 168 cm³/mol. The maximum Gasteiger partial charge on any atom is 0.253 e. The van der Waals surface area contributed by atoms with Gasteiger partial charge in [0.15, 0.2) is 6.29 Å². The first-order valence-corrected chi connectivity index (χ1v) is 15.0. The van der Waals surface area contributed by atoms with Gasteiger partial charge in [-0.05, 0) is 48.4 Å². The van der Waals surface area contributed by atoms with Crippen molar-refractivity contribution in [1.82, 2.24) is 15.2 Å². The number of hydrogen-bond acceptors (Lipinski definition) is 7. The van der Waals surface area contributed by atoms with Crippen LogP contribution in [0.3, 0.4) is 0 Å². The summed E-state index contributed by atoms with van der Waals surface area (Å²) in [5, 5.41) is 23.6. The standard InChI is InChI=1S/C36H41N3O5/c1-24-32(22-39(3)25(2)33(41)28-8-5-4-6-9-28)43-36(44-34(24)29-15-13-27(23-40)14-16-29)30-17-11-26(12-18-30)20-38-35(42)31-10-7-19-37-21-31/h4-19,21,24-25,32-34,36,40-41H,20,22-23H2,1-3H3,(H,38,42)/t24-,25+,32+,33+,34+,36+/m0/s1. The fourth-order valence-electron chi connectivity index (χ4n) is 5.52. The molecular weight excluding hydrogens is 554 g/mol. The summed E-state index contributed by atoms with van der Waals surface area (Å²) in [4.78, 5) is 18.6. The van der Waals surface area contributed by atoms with E-state index in [0.717, 1.165) is 27.8 Å². The van der Waals surface area contributed by atoms with Gasteiger partial charge in [0.1, 0.15) is 0 Å². The number of pyridine rings is 1. The number of aromatic nitrogens is 1. The lowest BCUT2D eigenvalue weighted by Crippen LogP contribution is -2.46. The zero-order valence-corrected chi connectivity index (χ0v) is 25.4. The molecule has 0 spiro atoms. The molecule has 230 valence electrons. The van der Waals surface area contributed by atoms with Crippen LogP contribution in [0.1, 0.15) is 70.5 Å². The molecule has 3 N–H and O–H groups in total. The minimum Gasteiger partial charge on any atom is -0.392 e. The van der Waals surface area contributed by atoms with Gasteiger partial charge in [-0.2, -0.15) is 0 Å². The minimum atomic E-state index is -0.639. The number of ether oxygens (including phenoxy) is 2. The Morgan fingerprint density at radius 2 is 1.61 bits per heavy atom. The van der Waals surface area contributed by atoms with Crippen LogP contribution in [0.5, 0.6) is 0 Å². The summed E-state index contributed by atoms with van der Waals surface area (Å²) in [7, 11) is 2.01. The Balaban J connectivity index is 1.31. The third-order valence-corrected chi connectivity index (χ3v) is 8.51. The number of rotatable bonds is 11. The average Bonchev–Trinajstić information content (AvgIpc) is 3.08. The van der Waals surface area contributed by atoms with Crippen LogP contribution in [-0.2, 0) is 22.6 Å². The Morgan fingerprint density at radius 1 is 0.932 bits per heavy atom. The van der Waals surface area contributed by atoms with Crippen molar-refractivity contribution in [3.05, 3.63) is 137 Å². The predicted octanol–water partition coefficient (Wildman–Crippen LogP) is 5.35. The van der Waals surface area contributed by atoms with Gasteiger partial charge in [-0.25, -0.2) is 0 Å². The highest BCUT2D eigenvalue weighted by molar-refractivity contribution is 5.93. The van der Waals surface area contributed by atoms with Crippen molar-refractivity contribution in [2.24, 2.45) is 5.92 Å². The van der Waals surface area contributed by atoms with Gasteiger partial charge in [0.05, 0.1) is 30.5 Å². The second-order valence-electron chi connectivity index (χ2n) is 11.5. The highest BCUT2D eigenvalue weighted by atomic mass is 16.7. The third-order valence-electron chi connectivity index (χ3n) is 8.51. The fraction of sp³-hybridized carbons (Fsp3) is 0.333. The first-order valence-electron chi connectivity index (χ1n) is 15.0. The van der Waals surface area contributed by atoms with Gasteiger partial charge < -0.3 is 25.0 Å². The van der Waals surface area contributed by atoms with Gasteiger partial charge in [-0.3, -0.25) is 14.7 Å². The number of carbonyl (C=O) groups is 1. The molecule has 3 aromatic carbocycles. The van der Waals surface area contributed by atoms with E-state index in [1.165, 1.54) is 0 Å². The highest BCUT2D eigenvalue weighted by Gasteiger charge is 2.39. The number of nitrogens with zero attached hydrogens (tertiary/aromatic N) is 2. The van der Waals surface area contributed by atoms with Crippen LogP contribution in [0, 0.1) is 5.92 Å². The molecule has 1 aromatic heterocycles. The van der Waals surface area contributed by atoms with Crippen LogP contribution in [0.2, 0.25) is 0 Å². The van der Waals surface area contributed by atoms with E-state index < -0.39 is 12.4 Å². The first kappa shape index (κ1) is 31.5. The largest absolute Gasteiger partial charge is 0.392 e. The second kappa shape index (κ2) is 14.7. The summed E-state index contributed by atoms with van der Waals surface area (Å²) < 4.78 is 13.2.